The zero-order chi connectivity index (χ0) is 14.5. The lowest BCUT2D eigenvalue weighted by Gasteiger charge is -2.12. The van der Waals surface area contributed by atoms with Crippen LogP contribution in [0.15, 0.2) is 36.4 Å². The van der Waals surface area contributed by atoms with Gasteiger partial charge >= 0.3 is 0 Å². The first-order valence-corrected chi connectivity index (χ1v) is 7.22. The fraction of sp³-hybridized carbons (Fsp3) is 0.200. The smallest absolute Gasteiger partial charge is 0.142 e. The molecule has 0 radical (unpaired) electrons. The van der Waals surface area contributed by atoms with E-state index in [1.54, 1.807) is 19.2 Å². The summed E-state index contributed by atoms with van der Waals surface area (Å²) in [5.74, 6) is 1.67. The third-order valence-corrected chi connectivity index (χ3v) is 3.56. The molecule has 0 bridgehead atoms. The van der Waals surface area contributed by atoms with Gasteiger partial charge in [-0.2, -0.15) is 0 Å². The summed E-state index contributed by atoms with van der Waals surface area (Å²) in [6, 6.07) is 11.0. The SMILES string of the molecule is COc1ccc(COc2c(Cl)cc(Cl)cc2CCl)cc1. The molecule has 106 valence electrons. The Hall–Kier alpha value is -1.09. The highest BCUT2D eigenvalue weighted by Crippen LogP contribution is 2.34. The molecule has 0 amide bonds. The van der Waals surface area contributed by atoms with Gasteiger partial charge in [-0.25, -0.2) is 0 Å². The van der Waals surface area contributed by atoms with Crippen LogP contribution in [0, 0.1) is 0 Å². The van der Waals surface area contributed by atoms with Crippen LogP contribution in [0.25, 0.3) is 0 Å². The normalized spacial score (nSPS) is 10.4. The fourth-order valence-electron chi connectivity index (χ4n) is 1.75. The number of alkyl halides is 1. The number of benzene rings is 2. The molecule has 0 atom stereocenters. The predicted molar refractivity (Wildman–Crippen MR) is 83.3 cm³/mol. The Balaban J connectivity index is 2.13. The second-order valence-corrected chi connectivity index (χ2v) is 5.26. The van der Waals surface area contributed by atoms with E-state index in [0.717, 1.165) is 16.9 Å². The Bertz CT molecular complexity index is 582. The van der Waals surface area contributed by atoms with Gasteiger partial charge in [-0.05, 0) is 29.8 Å². The van der Waals surface area contributed by atoms with Crippen molar-refractivity contribution < 1.29 is 9.47 Å². The molecule has 0 unspecified atom stereocenters. The van der Waals surface area contributed by atoms with Crippen molar-refractivity contribution in [1.29, 1.82) is 0 Å². The molecule has 0 heterocycles. The van der Waals surface area contributed by atoms with Crippen LogP contribution in [0.4, 0.5) is 0 Å². The highest BCUT2D eigenvalue weighted by molar-refractivity contribution is 6.36. The van der Waals surface area contributed by atoms with Crippen LogP contribution in [-0.4, -0.2) is 7.11 Å². The van der Waals surface area contributed by atoms with E-state index in [4.69, 9.17) is 44.3 Å². The standard InChI is InChI=1S/C15H13Cl3O2/c1-19-13-4-2-10(3-5-13)9-20-15-11(8-16)6-12(17)7-14(15)18/h2-7H,8-9H2,1H3. The Morgan fingerprint density at radius 3 is 2.35 bits per heavy atom. The van der Waals surface area contributed by atoms with Crippen LogP contribution in [0.1, 0.15) is 11.1 Å². The molecule has 2 aromatic carbocycles. The van der Waals surface area contributed by atoms with E-state index in [0.29, 0.717) is 22.4 Å². The highest BCUT2D eigenvalue weighted by atomic mass is 35.5. The summed E-state index contributed by atoms with van der Waals surface area (Å²) < 4.78 is 10.9. The van der Waals surface area contributed by atoms with Gasteiger partial charge in [-0.1, -0.05) is 35.3 Å². The second kappa shape index (κ2) is 7.07. The van der Waals surface area contributed by atoms with Crippen LogP contribution in [0.2, 0.25) is 10.0 Å². The Kier molecular flexibility index (Phi) is 5.41. The van der Waals surface area contributed by atoms with Crippen LogP contribution < -0.4 is 9.47 Å². The van der Waals surface area contributed by atoms with Gasteiger partial charge in [0.15, 0.2) is 0 Å². The summed E-state index contributed by atoms with van der Waals surface area (Å²) in [5, 5.41) is 1.00. The van der Waals surface area contributed by atoms with Gasteiger partial charge in [-0.3, -0.25) is 0 Å². The maximum atomic E-state index is 6.14. The average Bonchev–Trinajstić information content (AvgIpc) is 2.46. The van der Waals surface area contributed by atoms with Crippen molar-refractivity contribution in [3.8, 4) is 11.5 Å². The monoisotopic (exact) mass is 330 g/mol. The molecule has 20 heavy (non-hydrogen) atoms. The van der Waals surface area contributed by atoms with E-state index in [2.05, 4.69) is 0 Å². The van der Waals surface area contributed by atoms with Gasteiger partial charge in [0.25, 0.3) is 0 Å². The molecular weight excluding hydrogens is 319 g/mol. The Morgan fingerprint density at radius 1 is 1.05 bits per heavy atom. The van der Waals surface area contributed by atoms with Crippen molar-refractivity contribution >= 4 is 34.8 Å². The van der Waals surface area contributed by atoms with Crippen LogP contribution in [-0.2, 0) is 12.5 Å². The quantitative estimate of drug-likeness (QED) is 0.690. The molecule has 0 saturated heterocycles. The first-order chi connectivity index (χ1) is 9.63. The van der Waals surface area contributed by atoms with Crippen molar-refractivity contribution in [3.63, 3.8) is 0 Å². The molecule has 2 rings (SSSR count). The molecule has 2 aromatic rings. The summed E-state index contributed by atoms with van der Waals surface area (Å²) >= 11 is 18.0. The molecule has 0 aromatic heterocycles. The molecule has 0 aliphatic heterocycles. The number of halogens is 3. The predicted octanol–water partition coefficient (Wildman–Crippen LogP) is 5.32. The average molecular weight is 332 g/mol. The van der Waals surface area contributed by atoms with E-state index in [1.807, 2.05) is 24.3 Å². The Labute approximate surface area is 133 Å². The largest absolute Gasteiger partial charge is 0.497 e. The van der Waals surface area contributed by atoms with Gasteiger partial charge in [0.05, 0.1) is 18.0 Å². The number of ether oxygens (including phenoxy) is 2. The summed E-state index contributed by atoms with van der Waals surface area (Å²) in [4.78, 5) is 0. The van der Waals surface area contributed by atoms with Crippen molar-refractivity contribution in [2.75, 3.05) is 7.11 Å². The summed E-state index contributed by atoms with van der Waals surface area (Å²) in [6.07, 6.45) is 0. The summed E-state index contributed by atoms with van der Waals surface area (Å²) in [5.41, 5.74) is 1.79. The van der Waals surface area contributed by atoms with E-state index < -0.39 is 0 Å². The van der Waals surface area contributed by atoms with E-state index in [1.165, 1.54) is 0 Å². The second-order valence-electron chi connectivity index (χ2n) is 4.15. The number of hydrogen-bond acceptors (Lipinski definition) is 2. The molecule has 5 heteroatoms. The minimum absolute atomic E-state index is 0.290. The third kappa shape index (κ3) is 3.72. The highest BCUT2D eigenvalue weighted by Gasteiger charge is 2.10. The molecule has 0 aliphatic rings. The third-order valence-electron chi connectivity index (χ3n) is 2.77. The minimum Gasteiger partial charge on any atom is -0.497 e. The maximum Gasteiger partial charge on any atom is 0.142 e. The fourth-order valence-corrected chi connectivity index (χ4v) is 2.54. The van der Waals surface area contributed by atoms with Crippen molar-refractivity contribution in [2.24, 2.45) is 0 Å². The number of rotatable bonds is 5. The molecular formula is C15H13Cl3O2. The zero-order valence-corrected chi connectivity index (χ0v) is 13.1. The van der Waals surface area contributed by atoms with Gasteiger partial charge < -0.3 is 9.47 Å². The van der Waals surface area contributed by atoms with Crippen molar-refractivity contribution in [3.05, 3.63) is 57.6 Å². The molecule has 0 saturated carbocycles. The lowest BCUT2D eigenvalue weighted by atomic mass is 10.2. The van der Waals surface area contributed by atoms with Crippen LogP contribution >= 0.6 is 34.8 Å². The van der Waals surface area contributed by atoms with Gasteiger partial charge in [0.1, 0.15) is 18.1 Å². The first-order valence-electron chi connectivity index (χ1n) is 5.93. The van der Waals surface area contributed by atoms with Gasteiger partial charge in [0, 0.05) is 10.6 Å². The first kappa shape index (κ1) is 15.3. The molecule has 0 aliphatic carbocycles. The van der Waals surface area contributed by atoms with Crippen LogP contribution in [0.3, 0.4) is 0 Å². The lowest BCUT2D eigenvalue weighted by molar-refractivity contribution is 0.304. The van der Waals surface area contributed by atoms with Gasteiger partial charge in [0.2, 0.25) is 0 Å². The summed E-state index contributed by atoms with van der Waals surface area (Å²) in [6.45, 7) is 0.398. The van der Waals surface area contributed by atoms with Gasteiger partial charge in [-0.15, -0.1) is 11.6 Å². The summed E-state index contributed by atoms with van der Waals surface area (Å²) in [7, 11) is 1.63. The minimum atomic E-state index is 0.290. The molecule has 0 fully saturated rings. The van der Waals surface area contributed by atoms with Crippen molar-refractivity contribution in [1.82, 2.24) is 0 Å². The number of hydrogen-bond donors (Lipinski definition) is 0. The molecule has 0 N–H and O–H groups in total. The topological polar surface area (TPSA) is 18.5 Å². The lowest BCUT2D eigenvalue weighted by Crippen LogP contribution is -1.99. The van der Waals surface area contributed by atoms with Crippen LogP contribution in [0.5, 0.6) is 11.5 Å². The molecule has 2 nitrogen and oxygen atoms in total. The van der Waals surface area contributed by atoms with E-state index in [9.17, 15) is 0 Å². The number of methoxy groups -OCH3 is 1. The van der Waals surface area contributed by atoms with E-state index >= 15 is 0 Å². The zero-order valence-electron chi connectivity index (χ0n) is 10.8. The van der Waals surface area contributed by atoms with E-state index in [-0.39, 0.29) is 5.88 Å². The van der Waals surface area contributed by atoms with Crippen molar-refractivity contribution in [2.45, 2.75) is 12.5 Å². The molecule has 0 spiro atoms. The Morgan fingerprint density at radius 2 is 1.75 bits per heavy atom. The maximum absolute atomic E-state index is 6.14.